The largest absolute Gasteiger partial charge is 0.334 e. The van der Waals surface area contributed by atoms with Crippen LogP contribution in [0.3, 0.4) is 0 Å². The smallest absolute Gasteiger partial charge is 0.240 e. The van der Waals surface area contributed by atoms with E-state index in [9.17, 15) is 4.79 Å². The molecule has 0 fully saturated rings. The molecule has 1 aromatic rings. The van der Waals surface area contributed by atoms with Gasteiger partial charge in [-0.1, -0.05) is 0 Å². The van der Waals surface area contributed by atoms with E-state index in [4.69, 9.17) is 5.26 Å². The summed E-state index contributed by atoms with van der Waals surface area (Å²) in [5, 5.41) is 13.0. The van der Waals surface area contributed by atoms with Gasteiger partial charge in [0, 0.05) is 6.54 Å². The third-order valence-electron chi connectivity index (χ3n) is 3.36. The highest BCUT2D eigenvalue weighted by Gasteiger charge is 2.26. The van der Waals surface area contributed by atoms with E-state index < -0.39 is 0 Å². The van der Waals surface area contributed by atoms with Crippen LogP contribution in [0.5, 0.6) is 0 Å². The molecular weight excluding hydrogens is 230 g/mol. The van der Waals surface area contributed by atoms with E-state index in [2.05, 4.69) is 5.10 Å². The molecule has 0 spiro atoms. The van der Waals surface area contributed by atoms with Gasteiger partial charge in [-0.15, -0.1) is 0 Å². The molecular formula is C12H17N5O. The van der Waals surface area contributed by atoms with Crippen molar-refractivity contribution in [2.24, 2.45) is 0 Å². The van der Waals surface area contributed by atoms with Crippen molar-refractivity contribution in [2.75, 3.05) is 20.6 Å². The first kappa shape index (κ1) is 12.6. The summed E-state index contributed by atoms with van der Waals surface area (Å²) in [5.41, 5.74) is 1.34. The Bertz CT molecular complexity index is 499. The molecule has 18 heavy (non-hydrogen) atoms. The third kappa shape index (κ3) is 2.22. The van der Waals surface area contributed by atoms with Crippen LogP contribution in [-0.4, -0.2) is 52.2 Å². The molecule has 0 aromatic carbocycles. The second kappa shape index (κ2) is 4.78. The van der Waals surface area contributed by atoms with E-state index in [1.165, 1.54) is 0 Å². The summed E-state index contributed by atoms with van der Waals surface area (Å²) >= 11 is 0. The average Bonchev–Trinajstić information content (AvgIpc) is 2.78. The van der Waals surface area contributed by atoms with Crippen LogP contribution in [0.1, 0.15) is 18.3 Å². The molecule has 0 radical (unpaired) electrons. The maximum Gasteiger partial charge on any atom is 0.240 e. The lowest BCUT2D eigenvalue weighted by Gasteiger charge is -2.31. The lowest BCUT2D eigenvalue weighted by atomic mass is 10.2. The Morgan fingerprint density at radius 2 is 2.28 bits per heavy atom. The van der Waals surface area contributed by atoms with Gasteiger partial charge < -0.3 is 4.90 Å². The van der Waals surface area contributed by atoms with Gasteiger partial charge >= 0.3 is 0 Å². The van der Waals surface area contributed by atoms with E-state index in [0.29, 0.717) is 25.3 Å². The maximum atomic E-state index is 12.2. The summed E-state index contributed by atoms with van der Waals surface area (Å²) in [6.45, 7) is 3.74. The Balaban J connectivity index is 2.12. The maximum absolute atomic E-state index is 12.2. The number of fused-ring (bicyclic) bond motifs is 1. The van der Waals surface area contributed by atoms with Gasteiger partial charge in [0.05, 0.1) is 24.8 Å². The minimum Gasteiger partial charge on any atom is -0.334 e. The van der Waals surface area contributed by atoms with E-state index in [1.54, 1.807) is 6.07 Å². The first-order valence-electron chi connectivity index (χ1n) is 5.95. The fourth-order valence-electron chi connectivity index (χ4n) is 1.99. The first-order valence-corrected chi connectivity index (χ1v) is 5.95. The van der Waals surface area contributed by atoms with Crippen LogP contribution in [0.15, 0.2) is 6.07 Å². The summed E-state index contributed by atoms with van der Waals surface area (Å²) in [5.74, 6) is 0.117. The molecule has 96 valence electrons. The van der Waals surface area contributed by atoms with Crippen LogP contribution in [0.4, 0.5) is 0 Å². The third-order valence-corrected chi connectivity index (χ3v) is 3.36. The summed E-state index contributed by atoms with van der Waals surface area (Å²) in [7, 11) is 3.79. The summed E-state index contributed by atoms with van der Waals surface area (Å²) < 4.78 is 1.81. The van der Waals surface area contributed by atoms with Crippen LogP contribution in [0.2, 0.25) is 0 Å². The second-order valence-corrected chi connectivity index (χ2v) is 4.76. The number of nitriles is 1. The number of aromatic nitrogens is 2. The molecule has 1 atom stereocenters. The minimum absolute atomic E-state index is 0.117. The zero-order valence-electron chi connectivity index (χ0n) is 10.9. The normalized spacial score (nSPS) is 16.3. The van der Waals surface area contributed by atoms with Gasteiger partial charge in [-0.2, -0.15) is 10.4 Å². The first-order chi connectivity index (χ1) is 8.52. The molecule has 6 nitrogen and oxygen atoms in total. The standard InChI is InChI=1S/C12H17N5O/c1-9(15(2)3)12(18)16-4-5-17-11(8-16)6-10(7-13)14-17/h6,9H,4-5,8H2,1-3H3. The fraction of sp³-hybridized carbons (Fsp3) is 0.583. The fourth-order valence-corrected chi connectivity index (χ4v) is 1.99. The van der Waals surface area contributed by atoms with Crippen molar-refractivity contribution in [3.8, 4) is 6.07 Å². The van der Waals surface area contributed by atoms with E-state index >= 15 is 0 Å². The van der Waals surface area contributed by atoms with Gasteiger partial charge in [0.2, 0.25) is 5.91 Å². The van der Waals surface area contributed by atoms with Gasteiger partial charge in [-0.25, -0.2) is 0 Å². The SMILES string of the molecule is CC(C(=O)N1CCn2nc(C#N)cc2C1)N(C)C. The zero-order valence-corrected chi connectivity index (χ0v) is 10.9. The molecule has 2 rings (SSSR count). The average molecular weight is 247 g/mol. The quantitative estimate of drug-likeness (QED) is 0.740. The van der Waals surface area contributed by atoms with E-state index in [1.807, 2.05) is 41.6 Å². The zero-order chi connectivity index (χ0) is 13.3. The predicted molar refractivity (Wildman–Crippen MR) is 65.5 cm³/mol. The summed E-state index contributed by atoms with van der Waals surface area (Å²) in [6, 6.07) is 3.65. The van der Waals surface area contributed by atoms with Crippen molar-refractivity contribution in [2.45, 2.75) is 26.1 Å². The van der Waals surface area contributed by atoms with Crippen LogP contribution in [0.25, 0.3) is 0 Å². The Labute approximate surface area is 106 Å². The molecule has 1 amide bonds. The second-order valence-electron chi connectivity index (χ2n) is 4.76. The predicted octanol–water partition coefficient (Wildman–Crippen LogP) is 0.0471. The summed E-state index contributed by atoms with van der Waals surface area (Å²) in [4.78, 5) is 15.9. The van der Waals surface area contributed by atoms with Crippen molar-refractivity contribution in [3.63, 3.8) is 0 Å². The molecule has 1 aliphatic heterocycles. The number of hydrogen-bond acceptors (Lipinski definition) is 4. The molecule has 1 aliphatic rings. The Morgan fingerprint density at radius 1 is 1.56 bits per heavy atom. The Kier molecular flexibility index (Phi) is 3.34. The van der Waals surface area contributed by atoms with Crippen molar-refractivity contribution in [1.82, 2.24) is 19.6 Å². The van der Waals surface area contributed by atoms with Crippen LogP contribution >= 0.6 is 0 Å². The van der Waals surface area contributed by atoms with Crippen LogP contribution in [0, 0.1) is 11.3 Å². The molecule has 6 heteroatoms. The van der Waals surface area contributed by atoms with Gasteiger partial charge in [-0.3, -0.25) is 14.4 Å². The van der Waals surface area contributed by atoms with Crippen molar-refractivity contribution < 1.29 is 4.79 Å². The highest BCUT2D eigenvalue weighted by Crippen LogP contribution is 2.15. The van der Waals surface area contributed by atoms with E-state index in [0.717, 1.165) is 5.69 Å². The van der Waals surface area contributed by atoms with Crippen molar-refractivity contribution in [1.29, 1.82) is 5.26 Å². The van der Waals surface area contributed by atoms with Gasteiger partial charge in [0.25, 0.3) is 0 Å². The van der Waals surface area contributed by atoms with E-state index in [-0.39, 0.29) is 11.9 Å². The van der Waals surface area contributed by atoms with Gasteiger partial charge in [-0.05, 0) is 27.1 Å². The number of carbonyl (C=O) groups is 1. The molecule has 0 saturated carbocycles. The number of hydrogen-bond donors (Lipinski definition) is 0. The van der Waals surface area contributed by atoms with Gasteiger partial charge in [0.1, 0.15) is 6.07 Å². The lowest BCUT2D eigenvalue weighted by molar-refractivity contribution is -0.137. The molecule has 0 N–H and O–H groups in total. The van der Waals surface area contributed by atoms with Crippen LogP contribution < -0.4 is 0 Å². The Morgan fingerprint density at radius 3 is 2.89 bits per heavy atom. The highest BCUT2D eigenvalue weighted by atomic mass is 16.2. The molecule has 1 aromatic heterocycles. The molecule has 2 heterocycles. The van der Waals surface area contributed by atoms with Gasteiger partial charge in [0.15, 0.2) is 5.69 Å². The molecule has 0 bridgehead atoms. The number of nitrogens with zero attached hydrogens (tertiary/aromatic N) is 5. The van der Waals surface area contributed by atoms with Crippen molar-refractivity contribution >= 4 is 5.91 Å². The highest BCUT2D eigenvalue weighted by molar-refractivity contribution is 5.81. The lowest BCUT2D eigenvalue weighted by Crippen LogP contribution is -2.47. The number of amides is 1. The monoisotopic (exact) mass is 247 g/mol. The summed E-state index contributed by atoms with van der Waals surface area (Å²) in [6.07, 6.45) is 0. The minimum atomic E-state index is -0.130. The number of likely N-dealkylation sites (N-methyl/N-ethyl adjacent to an activating group) is 1. The van der Waals surface area contributed by atoms with Crippen LogP contribution in [-0.2, 0) is 17.9 Å². The molecule has 0 aliphatic carbocycles. The number of carbonyl (C=O) groups excluding carboxylic acids is 1. The van der Waals surface area contributed by atoms with Crippen molar-refractivity contribution in [3.05, 3.63) is 17.5 Å². The molecule has 0 saturated heterocycles. The molecule has 1 unspecified atom stereocenters. The Hall–Kier alpha value is -1.87. The topological polar surface area (TPSA) is 65.2 Å². The number of rotatable bonds is 2.